The first-order valence-corrected chi connectivity index (χ1v) is 9.07. The van der Waals surface area contributed by atoms with Crippen molar-refractivity contribution in [2.45, 2.75) is 39.8 Å². The number of amides is 1. The molecule has 0 spiro atoms. The molecule has 1 amide bonds. The minimum atomic E-state index is -0.368. The van der Waals surface area contributed by atoms with Gasteiger partial charge < -0.3 is 14.5 Å². The number of furan rings is 1. The molecule has 7 heteroatoms. The van der Waals surface area contributed by atoms with E-state index in [1.807, 2.05) is 45.0 Å². The van der Waals surface area contributed by atoms with Crippen LogP contribution in [0.15, 0.2) is 45.6 Å². The van der Waals surface area contributed by atoms with E-state index in [1.54, 1.807) is 0 Å². The van der Waals surface area contributed by atoms with Crippen molar-refractivity contribution >= 4 is 16.9 Å². The highest BCUT2D eigenvalue weighted by molar-refractivity contribution is 5.92. The fourth-order valence-corrected chi connectivity index (χ4v) is 2.82. The van der Waals surface area contributed by atoms with E-state index >= 15 is 0 Å². The third-order valence-electron chi connectivity index (χ3n) is 4.14. The van der Waals surface area contributed by atoms with Gasteiger partial charge >= 0.3 is 0 Å². The maximum Gasteiger partial charge on any atom is 0.272 e. The molecule has 0 saturated carbocycles. The van der Waals surface area contributed by atoms with Crippen LogP contribution in [0.1, 0.15) is 49.5 Å². The van der Waals surface area contributed by atoms with Gasteiger partial charge in [-0.05, 0) is 38.5 Å². The van der Waals surface area contributed by atoms with Crippen LogP contribution in [0.3, 0.4) is 0 Å². The summed E-state index contributed by atoms with van der Waals surface area (Å²) in [4.78, 5) is 24.3. The highest BCUT2D eigenvalue weighted by Crippen LogP contribution is 2.31. The molecular formula is C20H23N3O4. The number of nitrogens with zero attached hydrogens (tertiary/aromatic N) is 2. The molecule has 27 heavy (non-hydrogen) atoms. The zero-order valence-electron chi connectivity index (χ0n) is 15.7. The molecule has 1 N–H and O–H groups in total. The Bertz CT molecular complexity index is 1010. The van der Waals surface area contributed by atoms with E-state index in [-0.39, 0.29) is 23.2 Å². The van der Waals surface area contributed by atoms with Crippen molar-refractivity contribution in [1.29, 1.82) is 0 Å². The number of carbonyl (C=O) groups is 1. The first-order chi connectivity index (χ1) is 13.0. The summed E-state index contributed by atoms with van der Waals surface area (Å²) in [6.45, 7) is 6.70. The molecule has 142 valence electrons. The summed E-state index contributed by atoms with van der Waals surface area (Å²) in [5.74, 6) is 0.929. The van der Waals surface area contributed by atoms with E-state index in [4.69, 9.17) is 9.15 Å². The Kier molecular flexibility index (Phi) is 5.59. The molecule has 0 aliphatic carbocycles. The van der Waals surface area contributed by atoms with Crippen molar-refractivity contribution in [3.63, 3.8) is 0 Å². The second kappa shape index (κ2) is 8.07. The molecule has 1 atom stereocenters. The van der Waals surface area contributed by atoms with E-state index in [1.165, 1.54) is 16.8 Å². The minimum Gasteiger partial charge on any atom is -0.490 e. The van der Waals surface area contributed by atoms with Gasteiger partial charge in [-0.25, -0.2) is 4.68 Å². The molecule has 1 aromatic carbocycles. The second-order valence-corrected chi connectivity index (χ2v) is 6.23. The van der Waals surface area contributed by atoms with Crippen LogP contribution >= 0.6 is 0 Å². The molecule has 0 bridgehead atoms. The number of hydrogen-bond acceptors (Lipinski definition) is 5. The van der Waals surface area contributed by atoms with Crippen LogP contribution in [0.25, 0.3) is 11.0 Å². The van der Waals surface area contributed by atoms with Crippen LogP contribution in [0.2, 0.25) is 0 Å². The Morgan fingerprint density at radius 2 is 2.11 bits per heavy atom. The fraction of sp³-hybridized carbons (Fsp3) is 0.350. The van der Waals surface area contributed by atoms with Gasteiger partial charge in [0.15, 0.2) is 11.3 Å². The number of aromatic nitrogens is 2. The molecule has 0 aliphatic heterocycles. The van der Waals surface area contributed by atoms with E-state index < -0.39 is 0 Å². The fourth-order valence-electron chi connectivity index (χ4n) is 2.82. The van der Waals surface area contributed by atoms with Crippen LogP contribution in [0, 0.1) is 0 Å². The average Bonchev–Trinajstić information content (AvgIpc) is 3.09. The number of rotatable bonds is 7. The summed E-state index contributed by atoms with van der Waals surface area (Å²) >= 11 is 0. The molecule has 0 saturated heterocycles. The Hall–Kier alpha value is -3.09. The van der Waals surface area contributed by atoms with Gasteiger partial charge in [-0.1, -0.05) is 19.1 Å². The summed E-state index contributed by atoms with van der Waals surface area (Å²) < 4.78 is 12.8. The predicted molar refractivity (Wildman–Crippen MR) is 102 cm³/mol. The third kappa shape index (κ3) is 4.02. The lowest BCUT2D eigenvalue weighted by Gasteiger charge is -2.12. The number of carbonyl (C=O) groups excluding carboxylic acids is 1. The van der Waals surface area contributed by atoms with Gasteiger partial charge in [-0.15, -0.1) is 0 Å². The van der Waals surface area contributed by atoms with Crippen LogP contribution in [-0.2, 0) is 6.54 Å². The lowest BCUT2D eigenvalue weighted by molar-refractivity contribution is 0.0928. The van der Waals surface area contributed by atoms with Gasteiger partial charge in [0.05, 0.1) is 12.6 Å². The largest absolute Gasteiger partial charge is 0.490 e. The van der Waals surface area contributed by atoms with Crippen LogP contribution in [0.5, 0.6) is 5.75 Å². The zero-order valence-corrected chi connectivity index (χ0v) is 15.7. The monoisotopic (exact) mass is 369 g/mol. The van der Waals surface area contributed by atoms with Crippen molar-refractivity contribution in [2.75, 3.05) is 6.61 Å². The van der Waals surface area contributed by atoms with Crippen LogP contribution in [0.4, 0.5) is 0 Å². The van der Waals surface area contributed by atoms with Crippen LogP contribution < -0.4 is 15.6 Å². The summed E-state index contributed by atoms with van der Waals surface area (Å²) in [6, 6.07) is 9.99. The Morgan fingerprint density at radius 1 is 1.30 bits per heavy atom. The second-order valence-electron chi connectivity index (χ2n) is 6.23. The number of nitrogens with one attached hydrogen (secondary N) is 1. The van der Waals surface area contributed by atoms with Gasteiger partial charge in [0.2, 0.25) is 0 Å². The Labute approximate surface area is 156 Å². The molecule has 2 heterocycles. The maximum absolute atomic E-state index is 12.5. The third-order valence-corrected chi connectivity index (χ3v) is 4.14. The van der Waals surface area contributed by atoms with E-state index in [0.29, 0.717) is 30.2 Å². The van der Waals surface area contributed by atoms with Crippen molar-refractivity contribution in [1.82, 2.24) is 15.1 Å². The van der Waals surface area contributed by atoms with Gasteiger partial charge in [0.25, 0.3) is 11.5 Å². The molecular weight excluding hydrogens is 346 g/mol. The number of ether oxygens (including phenoxy) is 1. The summed E-state index contributed by atoms with van der Waals surface area (Å²) in [5.41, 5.74) is 0.633. The number of hydrogen-bond donors (Lipinski definition) is 1. The Balaban J connectivity index is 1.81. The summed E-state index contributed by atoms with van der Waals surface area (Å²) in [6.07, 6.45) is 0.759. The Morgan fingerprint density at radius 3 is 2.85 bits per heavy atom. The number of aryl methyl sites for hydroxylation is 1. The lowest BCUT2D eigenvalue weighted by Crippen LogP contribution is -2.31. The standard InChI is InChI=1S/C20H23N3O4/c1-4-11-23-18(24)10-9-15(22-23)20(25)21-13(3)17-12-14-7-6-8-16(26-5-2)19(14)27-17/h6-10,12-13H,4-5,11H2,1-3H3,(H,21,25). The molecule has 3 rings (SSSR count). The normalized spacial score (nSPS) is 12.1. The average molecular weight is 369 g/mol. The molecule has 0 aliphatic rings. The first-order valence-electron chi connectivity index (χ1n) is 9.07. The van der Waals surface area contributed by atoms with Crippen molar-refractivity contribution in [3.8, 4) is 5.75 Å². The minimum absolute atomic E-state index is 0.195. The lowest BCUT2D eigenvalue weighted by atomic mass is 10.2. The molecule has 2 aromatic heterocycles. The van der Waals surface area contributed by atoms with Crippen molar-refractivity contribution in [3.05, 3.63) is 58.2 Å². The van der Waals surface area contributed by atoms with E-state index in [9.17, 15) is 9.59 Å². The van der Waals surface area contributed by atoms with E-state index in [0.717, 1.165) is 11.8 Å². The summed E-state index contributed by atoms with van der Waals surface area (Å²) in [5, 5.41) is 7.90. The molecule has 0 fully saturated rings. The molecule has 3 aromatic rings. The van der Waals surface area contributed by atoms with E-state index in [2.05, 4.69) is 10.4 Å². The van der Waals surface area contributed by atoms with Crippen molar-refractivity contribution in [2.24, 2.45) is 0 Å². The van der Waals surface area contributed by atoms with Gasteiger partial charge in [-0.3, -0.25) is 9.59 Å². The predicted octanol–water partition coefficient (Wildman–Crippen LogP) is 3.29. The molecule has 0 radical (unpaired) electrons. The topological polar surface area (TPSA) is 86.4 Å². The molecule has 7 nitrogen and oxygen atoms in total. The smallest absolute Gasteiger partial charge is 0.272 e. The zero-order chi connectivity index (χ0) is 19.4. The summed E-state index contributed by atoms with van der Waals surface area (Å²) in [7, 11) is 0. The number of fused-ring (bicyclic) bond motifs is 1. The van der Waals surface area contributed by atoms with Gasteiger partial charge in [-0.2, -0.15) is 5.10 Å². The van der Waals surface area contributed by atoms with Gasteiger partial charge in [0.1, 0.15) is 11.5 Å². The highest BCUT2D eigenvalue weighted by atomic mass is 16.5. The molecule has 1 unspecified atom stereocenters. The quantitative estimate of drug-likeness (QED) is 0.691. The SMILES string of the molecule is CCCn1nc(C(=O)NC(C)c2cc3cccc(OCC)c3o2)ccc1=O. The number of benzene rings is 1. The first kappa shape index (κ1) is 18.7. The number of para-hydroxylation sites is 1. The highest BCUT2D eigenvalue weighted by Gasteiger charge is 2.18. The van der Waals surface area contributed by atoms with Gasteiger partial charge in [0, 0.05) is 18.0 Å². The van der Waals surface area contributed by atoms with Crippen molar-refractivity contribution < 1.29 is 13.9 Å². The maximum atomic E-state index is 12.5. The van der Waals surface area contributed by atoms with Crippen LogP contribution in [-0.4, -0.2) is 22.3 Å².